The monoisotopic (exact) mass is 183 g/mol. The highest BCUT2D eigenvalue weighted by Gasteiger charge is 2.12. The molecule has 0 aromatic carbocycles. The lowest BCUT2D eigenvalue weighted by Gasteiger charge is -2.07. The van der Waals surface area contributed by atoms with E-state index in [-0.39, 0.29) is 5.78 Å². The van der Waals surface area contributed by atoms with E-state index in [1.54, 1.807) is 0 Å². The second-order valence-corrected chi connectivity index (χ2v) is 3.59. The van der Waals surface area contributed by atoms with Crippen molar-refractivity contribution < 1.29 is 10.0 Å². The number of rotatable bonds is 0. The fourth-order valence-electron chi connectivity index (χ4n) is 1.67. The quantitative estimate of drug-likeness (QED) is 0.463. The first-order chi connectivity index (χ1) is 6.34. The van der Waals surface area contributed by atoms with Gasteiger partial charge in [-0.15, -0.1) is 0 Å². The summed E-state index contributed by atoms with van der Waals surface area (Å²) in [5.41, 5.74) is 0.377. The number of nitrogens with zero attached hydrogens (tertiary/aromatic N) is 1. The van der Waals surface area contributed by atoms with Crippen LogP contribution in [0.25, 0.3) is 0 Å². The van der Waals surface area contributed by atoms with E-state index in [1.807, 2.05) is 0 Å². The van der Waals surface area contributed by atoms with E-state index in [0.29, 0.717) is 18.6 Å². The van der Waals surface area contributed by atoms with Gasteiger partial charge >= 0.3 is 0 Å². The molecule has 74 valence electrons. The molecule has 1 saturated carbocycles. The number of Topliss-reactive ketones (excluding diaryl/α,β-unsaturated/α-hetero) is 1. The molecule has 3 nitrogen and oxygen atoms in total. The molecule has 0 heterocycles. The molecular formula is C10H17NO2. The zero-order valence-corrected chi connectivity index (χ0v) is 7.96. The lowest BCUT2D eigenvalue weighted by atomic mass is 9.99. The zero-order valence-electron chi connectivity index (χ0n) is 7.96. The third kappa shape index (κ3) is 3.57. The lowest BCUT2D eigenvalue weighted by molar-refractivity contribution is -0.113. The van der Waals surface area contributed by atoms with Gasteiger partial charge in [-0.3, -0.25) is 4.79 Å². The SMILES string of the molecule is O=C1CCCCCCCC/C1=N/O. The van der Waals surface area contributed by atoms with E-state index in [0.717, 1.165) is 25.7 Å². The normalized spacial score (nSPS) is 24.6. The Hall–Kier alpha value is -0.860. The first-order valence-electron chi connectivity index (χ1n) is 5.08. The predicted octanol–water partition coefficient (Wildman–Crippen LogP) is 2.52. The largest absolute Gasteiger partial charge is 0.411 e. The summed E-state index contributed by atoms with van der Waals surface area (Å²) in [6.07, 6.45) is 7.88. The molecule has 1 N–H and O–H groups in total. The fraction of sp³-hybridized carbons (Fsp3) is 0.800. The van der Waals surface area contributed by atoms with Crippen LogP contribution >= 0.6 is 0 Å². The molecular weight excluding hydrogens is 166 g/mol. The molecule has 0 unspecified atom stereocenters. The summed E-state index contributed by atoms with van der Waals surface area (Å²) < 4.78 is 0. The third-order valence-electron chi connectivity index (χ3n) is 2.51. The molecule has 0 aromatic rings. The second kappa shape index (κ2) is 5.73. The van der Waals surface area contributed by atoms with E-state index in [1.165, 1.54) is 12.8 Å². The Morgan fingerprint density at radius 1 is 0.923 bits per heavy atom. The molecule has 0 bridgehead atoms. The van der Waals surface area contributed by atoms with Crippen LogP contribution in [0, 0.1) is 0 Å². The van der Waals surface area contributed by atoms with E-state index in [2.05, 4.69) is 5.16 Å². The highest BCUT2D eigenvalue weighted by molar-refractivity contribution is 6.39. The molecule has 0 aliphatic heterocycles. The Balaban J connectivity index is 2.47. The standard InChI is InChI=1S/C10H17NO2/c12-10-8-6-4-2-1-3-5-7-9(10)11-13/h13H,1-8H2/b11-9-. The summed E-state index contributed by atoms with van der Waals surface area (Å²) >= 11 is 0. The first-order valence-corrected chi connectivity index (χ1v) is 5.08. The summed E-state index contributed by atoms with van der Waals surface area (Å²) in [4.78, 5) is 11.4. The molecule has 0 spiro atoms. The molecule has 3 heteroatoms. The topological polar surface area (TPSA) is 49.7 Å². The Kier molecular flexibility index (Phi) is 4.50. The number of hydrogen-bond acceptors (Lipinski definition) is 3. The van der Waals surface area contributed by atoms with Gasteiger partial charge < -0.3 is 5.21 Å². The number of hydrogen-bond donors (Lipinski definition) is 1. The highest BCUT2D eigenvalue weighted by atomic mass is 16.4. The van der Waals surface area contributed by atoms with E-state index >= 15 is 0 Å². The third-order valence-corrected chi connectivity index (χ3v) is 2.51. The summed E-state index contributed by atoms with van der Waals surface area (Å²) in [6.45, 7) is 0. The minimum atomic E-state index is 0.0319. The average molecular weight is 183 g/mol. The van der Waals surface area contributed by atoms with Crippen molar-refractivity contribution >= 4 is 11.5 Å². The molecule has 13 heavy (non-hydrogen) atoms. The van der Waals surface area contributed by atoms with E-state index in [9.17, 15) is 4.79 Å². The van der Waals surface area contributed by atoms with Crippen molar-refractivity contribution in [1.29, 1.82) is 0 Å². The van der Waals surface area contributed by atoms with Gasteiger partial charge in [-0.2, -0.15) is 0 Å². The van der Waals surface area contributed by atoms with Crippen LogP contribution in [0.2, 0.25) is 0 Å². The van der Waals surface area contributed by atoms with Gasteiger partial charge in [-0.05, 0) is 19.3 Å². The Morgan fingerprint density at radius 3 is 2.08 bits per heavy atom. The van der Waals surface area contributed by atoms with Gasteiger partial charge in [-0.25, -0.2) is 0 Å². The summed E-state index contributed by atoms with van der Waals surface area (Å²) in [5, 5.41) is 11.7. The van der Waals surface area contributed by atoms with Gasteiger partial charge in [0.25, 0.3) is 0 Å². The van der Waals surface area contributed by atoms with Gasteiger partial charge in [0.2, 0.25) is 0 Å². The highest BCUT2D eigenvalue weighted by Crippen LogP contribution is 2.13. The van der Waals surface area contributed by atoms with Gasteiger partial charge in [0.1, 0.15) is 5.71 Å². The van der Waals surface area contributed by atoms with Crippen LogP contribution in [0.3, 0.4) is 0 Å². The second-order valence-electron chi connectivity index (χ2n) is 3.59. The van der Waals surface area contributed by atoms with Gasteiger partial charge in [0, 0.05) is 6.42 Å². The first kappa shape index (κ1) is 10.2. The number of ketones is 1. The van der Waals surface area contributed by atoms with Crippen molar-refractivity contribution in [3.05, 3.63) is 0 Å². The van der Waals surface area contributed by atoms with Gasteiger partial charge in [0.15, 0.2) is 5.78 Å². The van der Waals surface area contributed by atoms with Crippen LogP contribution in [-0.4, -0.2) is 16.7 Å². The molecule has 0 atom stereocenters. The number of carbonyl (C=O) groups is 1. The zero-order chi connectivity index (χ0) is 9.52. The summed E-state index contributed by atoms with van der Waals surface area (Å²) in [5.74, 6) is 0.0319. The molecule has 1 aliphatic carbocycles. The van der Waals surface area contributed by atoms with Crippen LogP contribution in [0.4, 0.5) is 0 Å². The van der Waals surface area contributed by atoms with Crippen LogP contribution in [0.1, 0.15) is 51.4 Å². The lowest BCUT2D eigenvalue weighted by Crippen LogP contribution is -2.14. The van der Waals surface area contributed by atoms with Crippen molar-refractivity contribution in [1.82, 2.24) is 0 Å². The molecule has 1 fully saturated rings. The molecule has 0 saturated heterocycles. The molecule has 0 amide bonds. The fourth-order valence-corrected chi connectivity index (χ4v) is 1.67. The van der Waals surface area contributed by atoms with E-state index < -0.39 is 0 Å². The van der Waals surface area contributed by atoms with Crippen LogP contribution in [0.5, 0.6) is 0 Å². The van der Waals surface area contributed by atoms with Crippen LogP contribution in [0.15, 0.2) is 5.16 Å². The van der Waals surface area contributed by atoms with Gasteiger partial charge in [0.05, 0.1) is 0 Å². The molecule has 1 rings (SSSR count). The molecule has 0 radical (unpaired) electrons. The minimum Gasteiger partial charge on any atom is -0.411 e. The van der Waals surface area contributed by atoms with Crippen LogP contribution < -0.4 is 0 Å². The van der Waals surface area contributed by atoms with Gasteiger partial charge in [-0.1, -0.05) is 30.8 Å². The maximum Gasteiger partial charge on any atom is 0.180 e. The maximum absolute atomic E-state index is 11.4. The van der Waals surface area contributed by atoms with Crippen molar-refractivity contribution in [2.75, 3.05) is 0 Å². The Morgan fingerprint density at radius 2 is 1.46 bits per heavy atom. The molecule has 0 aromatic heterocycles. The molecule has 1 aliphatic rings. The van der Waals surface area contributed by atoms with Crippen molar-refractivity contribution in [2.24, 2.45) is 5.16 Å². The minimum absolute atomic E-state index is 0.0319. The van der Waals surface area contributed by atoms with Crippen molar-refractivity contribution in [3.8, 4) is 0 Å². The smallest absolute Gasteiger partial charge is 0.180 e. The van der Waals surface area contributed by atoms with Crippen molar-refractivity contribution in [3.63, 3.8) is 0 Å². The maximum atomic E-state index is 11.4. The number of carbonyl (C=O) groups excluding carboxylic acids is 1. The number of oxime groups is 1. The van der Waals surface area contributed by atoms with Crippen LogP contribution in [-0.2, 0) is 4.79 Å². The van der Waals surface area contributed by atoms with E-state index in [4.69, 9.17) is 5.21 Å². The van der Waals surface area contributed by atoms with Crippen molar-refractivity contribution in [2.45, 2.75) is 51.4 Å². The Labute approximate surface area is 78.8 Å². The summed E-state index contributed by atoms with van der Waals surface area (Å²) in [6, 6.07) is 0. The summed E-state index contributed by atoms with van der Waals surface area (Å²) in [7, 11) is 0. The Bertz CT molecular complexity index is 199. The predicted molar refractivity (Wildman–Crippen MR) is 51.2 cm³/mol. The average Bonchev–Trinajstić information content (AvgIpc) is 2.16.